The Labute approximate surface area is 78.9 Å². The minimum absolute atomic E-state index is 0.169. The van der Waals surface area contributed by atoms with Crippen LogP contribution in [0.5, 0.6) is 0 Å². The number of carbonyl (C=O) groups excluding carboxylic acids is 1. The number of nitriles is 1. The zero-order chi connectivity index (χ0) is 9.26. The highest BCUT2D eigenvalue weighted by Gasteiger charge is 2.39. The van der Waals surface area contributed by atoms with E-state index in [0.29, 0.717) is 18.1 Å². The van der Waals surface area contributed by atoms with E-state index < -0.39 is 0 Å². The first-order chi connectivity index (χ1) is 6.33. The Balaban J connectivity index is 2.15. The Morgan fingerprint density at radius 2 is 2.00 bits per heavy atom. The molecule has 3 atom stereocenters. The third kappa shape index (κ3) is 1.48. The maximum atomic E-state index is 11.6. The van der Waals surface area contributed by atoms with Gasteiger partial charge in [-0.1, -0.05) is 12.8 Å². The lowest BCUT2D eigenvalue weighted by atomic mass is 9.65. The second-order valence-electron chi connectivity index (χ2n) is 4.30. The first kappa shape index (κ1) is 8.74. The summed E-state index contributed by atoms with van der Waals surface area (Å²) in [5.41, 5.74) is 0. The van der Waals surface area contributed by atoms with Gasteiger partial charge >= 0.3 is 0 Å². The lowest BCUT2D eigenvalue weighted by Crippen LogP contribution is -2.36. The van der Waals surface area contributed by atoms with E-state index in [1.54, 1.807) is 0 Å². The molecule has 0 radical (unpaired) electrons. The summed E-state index contributed by atoms with van der Waals surface area (Å²) in [6, 6.07) is 2.37. The van der Waals surface area contributed by atoms with Gasteiger partial charge in [-0.05, 0) is 25.2 Å². The molecule has 0 saturated heterocycles. The summed E-state index contributed by atoms with van der Waals surface area (Å²) in [6.07, 6.45) is 6.02. The van der Waals surface area contributed by atoms with Gasteiger partial charge in [-0.25, -0.2) is 0 Å². The largest absolute Gasteiger partial charge is 0.299 e. The normalized spacial score (nSPS) is 39.3. The molecule has 0 aromatic rings. The highest BCUT2D eigenvalue weighted by molar-refractivity contribution is 5.82. The summed E-state index contributed by atoms with van der Waals surface area (Å²) >= 11 is 0. The molecule has 0 aromatic carbocycles. The molecule has 2 aliphatic carbocycles. The van der Waals surface area contributed by atoms with E-state index in [1.165, 1.54) is 12.8 Å². The van der Waals surface area contributed by atoms with Gasteiger partial charge in [0.1, 0.15) is 5.78 Å². The van der Waals surface area contributed by atoms with Gasteiger partial charge in [0.05, 0.1) is 12.0 Å². The SMILES string of the molecule is N#CC1CCC(=O)C2CCCCC12. The standard InChI is InChI=1S/C11H15NO/c12-7-8-5-6-11(13)10-4-2-1-3-9(8)10/h8-10H,1-6H2. The predicted octanol–water partition coefficient (Wildman–Crippen LogP) is 2.30. The predicted molar refractivity (Wildman–Crippen MR) is 48.8 cm³/mol. The van der Waals surface area contributed by atoms with Crippen molar-refractivity contribution in [1.29, 1.82) is 5.26 Å². The zero-order valence-electron chi connectivity index (χ0n) is 7.83. The number of hydrogen-bond acceptors (Lipinski definition) is 2. The highest BCUT2D eigenvalue weighted by Crippen LogP contribution is 2.41. The second-order valence-corrected chi connectivity index (χ2v) is 4.30. The van der Waals surface area contributed by atoms with Crippen molar-refractivity contribution < 1.29 is 4.79 Å². The fourth-order valence-electron chi connectivity index (χ4n) is 2.90. The van der Waals surface area contributed by atoms with Gasteiger partial charge < -0.3 is 0 Å². The van der Waals surface area contributed by atoms with E-state index in [9.17, 15) is 4.79 Å². The van der Waals surface area contributed by atoms with Crippen LogP contribution in [0.2, 0.25) is 0 Å². The van der Waals surface area contributed by atoms with E-state index in [-0.39, 0.29) is 11.8 Å². The number of hydrogen-bond donors (Lipinski definition) is 0. The topological polar surface area (TPSA) is 40.9 Å². The van der Waals surface area contributed by atoms with Crippen LogP contribution in [-0.4, -0.2) is 5.78 Å². The summed E-state index contributed by atoms with van der Waals surface area (Å²) in [7, 11) is 0. The fraction of sp³-hybridized carbons (Fsp3) is 0.818. The molecular formula is C11H15NO. The van der Waals surface area contributed by atoms with Crippen LogP contribution in [0.1, 0.15) is 38.5 Å². The number of carbonyl (C=O) groups is 1. The lowest BCUT2D eigenvalue weighted by molar-refractivity contribution is -0.129. The second kappa shape index (κ2) is 3.49. The van der Waals surface area contributed by atoms with Gasteiger partial charge in [0, 0.05) is 12.3 Å². The molecule has 2 nitrogen and oxygen atoms in total. The molecule has 3 unspecified atom stereocenters. The van der Waals surface area contributed by atoms with Crippen molar-refractivity contribution in [2.24, 2.45) is 17.8 Å². The minimum Gasteiger partial charge on any atom is -0.299 e. The molecular weight excluding hydrogens is 162 g/mol. The third-order valence-corrected chi connectivity index (χ3v) is 3.62. The molecule has 0 N–H and O–H groups in total. The van der Waals surface area contributed by atoms with Crippen LogP contribution in [0.3, 0.4) is 0 Å². The number of fused-ring (bicyclic) bond motifs is 1. The number of ketones is 1. The van der Waals surface area contributed by atoms with Gasteiger partial charge in [-0.15, -0.1) is 0 Å². The van der Waals surface area contributed by atoms with Crippen LogP contribution in [0.15, 0.2) is 0 Å². The molecule has 0 spiro atoms. The Hall–Kier alpha value is -0.840. The van der Waals surface area contributed by atoms with E-state index in [4.69, 9.17) is 5.26 Å². The van der Waals surface area contributed by atoms with Crippen LogP contribution < -0.4 is 0 Å². The molecule has 2 saturated carbocycles. The van der Waals surface area contributed by atoms with E-state index in [0.717, 1.165) is 19.3 Å². The van der Waals surface area contributed by atoms with Gasteiger partial charge in [-0.3, -0.25) is 4.79 Å². The molecule has 0 heterocycles. The van der Waals surface area contributed by atoms with E-state index in [1.807, 2.05) is 0 Å². The smallest absolute Gasteiger partial charge is 0.136 e. The molecule has 0 aromatic heterocycles. The van der Waals surface area contributed by atoms with Crippen molar-refractivity contribution in [2.75, 3.05) is 0 Å². The van der Waals surface area contributed by atoms with Crippen LogP contribution >= 0.6 is 0 Å². The van der Waals surface area contributed by atoms with Gasteiger partial charge in [-0.2, -0.15) is 5.26 Å². The fourth-order valence-corrected chi connectivity index (χ4v) is 2.90. The average molecular weight is 177 g/mol. The minimum atomic E-state index is 0.169. The van der Waals surface area contributed by atoms with Crippen LogP contribution in [0.4, 0.5) is 0 Å². The molecule has 2 rings (SSSR count). The molecule has 2 aliphatic rings. The van der Waals surface area contributed by atoms with Crippen molar-refractivity contribution in [3.63, 3.8) is 0 Å². The summed E-state index contributed by atoms with van der Waals surface area (Å²) in [5.74, 6) is 1.24. The lowest BCUT2D eigenvalue weighted by Gasteiger charge is -2.37. The Morgan fingerprint density at radius 1 is 1.23 bits per heavy atom. The summed E-state index contributed by atoms with van der Waals surface area (Å²) in [5, 5.41) is 8.95. The third-order valence-electron chi connectivity index (χ3n) is 3.62. The average Bonchev–Trinajstić information content (AvgIpc) is 2.19. The Bertz CT molecular complexity index is 253. The first-order valence-corrected chi connectivity index (χ1v) is 5.25. The summed E-state index contributed by atoms with van der Waals surface area (Å²) in [6.45, 7) is 0. The molecule has 70 valence electrons. The summed E-state index contributed by atoms with van der Waals surface area (Å²) < 4.78 is 0. The molecule has 0 aliphatic heterocycles. The summed E-state index contributed by atoms with van der Waals surface area (Å²) in [4.78, 5) is 11.6. The van der Waals surface area contributed by atoms with Crippen molar-refractivity contribution >= 4 is 5.78 Å². The van der Waals surface area contributed by atoms with Gasteiger partial charge in [0.25, 0.3) is 0 Å². The molecule has 2 heteroatoms. The number of nitrogens with zero attached hydrogens (tertiary/aromatic N) is 1. The maximum Gasteiger partial charge on any atom is 0.136 e. The molecule has 13 heavy (non-hydrogen) atoms. The molecule has 0 bridgehead atoms. The van der Waals surface area contributed by atoms with Gasteiger partial charge in [0.15, 0.2) is 0 Å². The van der Waals surface area contributed by atoms with Gasteiger partial charge in [0.2, 0.25) is 0 Å². The van der Waals surface area contributed by atoms with E-state index in [2.05, 4.69) is 6.07 Å². The quantitative estimate of drug-likeness (QED) is 0.569. The van der Waals surface area contributed by atoms with Crippen molar-refractivity contribution in [3.05, 3.63) is 0 Å². The van der Waals surface area contributed by atoms with Crippen molar-refractivity contribution in [3.8, 4) is 6.07 Å². The van der Waals surface area contributed by atoms with Crippen molar-refractivity contribution in [2.45, 2.75) is 38.5 Å². The highest BCUT2D eigenvalue weighted by atomic mass is 16.1. The van der Waals surface area contributed by atoms with Crippen LogP contribution in [-0.2, 0) is 4.79 Å². The van der Waals surface area contributed by atoms with Crippen LogP contribution in [0, 0.1) is 29.1 Å². The monoisotopic (exact) mass is 177 g/mol. The molecule has 2 fully saturated rings. The Morgan fingerprint density at radius 3 is 2.77 bits per heavy atom. The van der Waals surface area contributed by atoms with Crippen LogP contribution in [0.25, 0.3) is 0 Å². The van der Waals surface area contributed by atoms with E-state index >= 15 is 0 Å². The number of Topliss-reactive ketones (excluding diaryl/α,β-unsaturated/α-hetero) is 1. The van der Waals surface area contributed by atoms with Crippen molar-refractivity contribution in [1.82, 2.24) is 0 Å². The number of rotatable bonds is 0. The Kier molecular flexibility index (Phi) is 2.35. The maximum absolute atomic E-state index is 11.6. The first-order valence-electron chi connectivity index (χ1n) is 5.25. The zero-order valence-corrected chi connectivity index (χ0v) is 7.83. The molecule has 0 amide bonds.